The number of amides is 1. The molecule has 0 fully saturated rings. The van der Waals surface area contributed by atoms with Gasteiger partial charge < -0.3 is 9.73 Å². The van der Waals surface area contributed by atoms with Gasteiger partial charge in [0.2, 0.25) is 5.91 Å². The molecule has 0 saturated carbocycles. The van der Waals surface area contributed by atoms with Crippen molar-refractivity contribution in [2.45, 2.75) is 13.8 Å². The first kappa shape index (κ1) is 13.6. The SMILES string of the molecule is CC(C)(CCl)C(=O)Nc1ccc(-c2cnco2)cc1. The molecule has 2 rings (SSSR count). The van der Waals surface area contributed by atoms with Crippen molar-refractivity contribution in [3.8, 4) is 11.3 Å². The van der Waals surface area contributed by atoms with E-state index in [1.807, 2.05) is 24.3 Å². The molecule has 1 heterocycles. The number of rotatable bonds is 4. The summed E-state index contributed by atoms with van der Waals surface area (Å²) in [4.78, 5) is 15.8. The van der Waals surface area contributed by atoms with E-state index in [0.29, 0.717) is 5.76 Å². The molecule has 1 N–H and O–H groups in total. The molecule has 0 spiro atoms. The highest BCUT2D eigenvalue weighted by Crippen LogP contribution is 2.23. The molecule has 0 bridgehead atoms. The fraction of sp³-hybridized carbons (Fsp3) is 0.286. The van der Waals surface area contributed by atoms with Gasteiger partial charge in [-0.05, 0) is 38.1 Å². The number of nitrogens with zero attached hydrogens (tertiary/aromatic N) is 1. The van der Waals surface area contributed by atoms with Crippen LogP contribution in [0.5, 0.6) is 0 Å². The number of nitrogens with one attached hydrogen (secondary N) is 1. The van der Waals surface area contributed by atoms with Gasteiger partial charge in [0.25, 0.3) is 0 Å². The Balaban J connectivity index is 2.10. The van der Waals surface area contributed by atoms with E-state index < -0.39 is 5.41 Å². The van der Waals surface area contributed by atoms with Crippen molar-refractivity contribution in [1.29, 1.82) is 0 Å². The van der Waals surface area contributed by atoms with Gasteiger partial charge in [-0.1, -0.05) is 0 Å². The zero-order valence-electron chi connectivity index (χ0n) is 10.8. The molecule has 0 aliphatic heterocycles. The van der Waals surface area contributed by atoms with Gasteiger partial charge in [-0.25, -0.2) is 4.98 Å². The van der Waals surface area contributed by atoms with Gasteiger partial charge in [0.1, 0.15) is 0 Å². The zero-order chi connectivity index (χ0) is 13.9. The van der Waals surface area contributed by atoms with Crippen LogP contribution in [0.25, 0.3) is 11.3 Å². The summed E-state index contributed by atoms with van der Waals surface area (Å²) in [5.41, 5.74) is 1.05. The molecule has 4 nitrogen and oxygen atoms in total. The third-order valence-electron chi connectivity index (χ3n) is 2.81. The predicted molar refractivity (Wildman–Crippen MR) is 75.1 cm³/mol. The largest absolute Gasteiger partial charge is 0.444 e. The van der Waals surface area contributed by atoms with Crippen LogP contribution in [-0.2, 0) is 4.79 Å². The van der Waals surface area contributed by atoms with Gasteiger partial charge in [-0.3, -0.25) is 4.79 Å². The Bertz CT molecular complexity index is 547. The van der Waals surface area contributed by atoms with E-state index in [1.165, 1.54) is 6.39 Å². The van der Waals surface area contributed by atoms with E-state index in [2.05, 4.69) is 10.3 Å². The van der Waals surface area contributed by atoms with Crippen LogP contribution in [0.15, 0.2) is 41.3 Å². The Labute approximate surface area is 116 Å². The predicted octanol–water partition coefficient (Wildman–Crippen LogP) is 3.55. The molecule has 0 radical (unpaired) electrons. The quantitative estimate of drug-likeness (QED) is 0.870. The van der Waals surface area contributed by atoms with E-state index in [0.717, 1.165) is 11.3 Å². The van der Waals surface area contributed by atoms with Gasteiger partial charge in [0, 0.05) is 17.1 Å². The van der Waals surface area contributed by atoms with Crippen molar-refractivity contribution in [1.82, 2.24) is 4.98 Å². The highest BCUT2D eigenvalue weighted by atomic mass is 35.5. The lowest BCUT2D eigenvalue weighted by Crippen LogP contribution is -2.32. The van der Waals surface area contributed by atoms with Crippen molar-refractivity contribution in [2.24, 2.45) is 5.41 Å². The third-order valence-corrected chi connectivity index (χ3v) is 3.48. The zero-order valence-corrected chi connectivity index (χ0v) is 11.6. The van der Waals surface area contributed by atoms with Crippen molar-refractivity contribution < 1.29 is 9.21 Å². The van der Waals surface area contributed by atoms with E-state index >= 15 is 0 Å². The number of carbonyl (C=O) groups is 1. The minimum atomic E-state index is -0.592. The number of alkyl halides is 1. The highest BCUT2D eigenvalue weighted by molar-refractivity contribution is 6.20. The van der Waals surface area contributed by atoms with E-state index in [-0.39, 0.29) is 11.8 Å². The van der Waals surface area contributed by atoms with Gasteiger partial charge in [0.15, 0.2) is 12.2 Å². The second kappa shape index (κ2) is 5.45. The van der Waals surface area contributed by atoms with Crippen LogP contribution in [0.3, 0.4) is 0 Å². The number of halogens is 1. The minimum Gasteiger partial charge on any atom is -0.444 e. The summed E-state index contributed by atoms with van der Waals surface area (Å²) in [7, 11) is 0. The number of benzene rings is 1. The summed E-state index contributed by atoms with van der Waals surface area (Å²) in [5, 5.41) is 2.84. The molecule has 0 unspecified atom stereocenters. The van der Waals surface area contributed by atoms with Crippen LogP contribution >= 0.6 is 11.6 Å². The van der Waals surface area contributed by atoms with Crippen LogP contribution < -0.4 is 5.32 Å². The first-order chi connectivity index (χ1) is 9.03. The molecule has 0 saturated heterocycles. The highest BCUT2D eigenvalue weighted by Gasteiger charge is 2.26. The van der Waals surface area contributed by atoms with Gasteiger partial charge in [-0.15, -0.1) is 11.6 Å². The van der Waals surface area contributed by atoms with Crippen LogP contribution in [0.1, 0.15) is 13.8 Å². The lowest BCUT2D eigenvalue weighted by atomic mass is 9.95. The van der Waals surface area contributed by atoms with Gasteiger partial charge in [0.05, 0.1) is 11.6 Å². The maximum absolute atomic E-state index is 12.0. The molecular weight excluding hydrogens is 264 g/mol. The van der Waals surface area contributed by atoms with Crippen LogP contribution in [0.2, 0.25) is 0 Å². The molecule has 0 aliphatic rings. The summed E-state index contributed by atoms with van der Waals surface area (Å²) in [6.07, 6.45) is 3.03. The maximum atomic E-state index is 12.0. The molecule has 1 aromatic carbocycles. The second-order valence-corrected chi connectivity index (χ2v) is 5.18. The normalized spacial score (nSPS) is 11.3. The summed E-state index contributed by atoms with van der Waals surface area (Å²) in [6.45, 7) is 3.61. The molecular formula is C14H15ClN2O2. The Kier molecular flexibility index (Phi) is 3.90. The lowest BCUT2D eigenvalue weighted by molar-refractivity contribution is -0.122. The molecule has 1 aromatic heterocycles. The van der Waals surface area contributed by atoms with Gasteiger partial charge >= 0.3 is 0 Å². The van der Waals surface area contributed by atoms with Crippen LogP contribution in [-0.4, -0.2) is 16.8 Å². The first-order valence-corrected chi connectivity index (χ1v) is 6.43. The average molecular weight is 279 g/mol. The molecule has 0 atom stereocenters. The molecule has 19 heavy (non-hydrogen) atoms. The number of carbonyl (C=O) groups excluding carboxylic acids is 1. The summed E-state index contributed by atoms with van der Waals surface area (Å²) in [6, 6.07) is 7.37. The summed E-state index contributed by atoms with van der Waals surface area (Å²) in [5.74, 6) is 0.864. The Morgan fingerprint density at radius 1 is 1.37 bits per heavy atom. The maximum Gasteiger partial charge on any atom is 0.231 e. The summed E-state index contributed by atoms with van der Waals surface area (Å²) >= 11 is 5.77. The number of aromatic nitrogens is 1. The average Bonchev–Trinajstić information content (AvgIpc) is 2.93. The smallest absolute Gasteiger partial charge is 0.231 e. The topological polar surface area (TPSA) is 55.1 Å². The monoisotopic (exact) mass is 278 g/mol. The van der Waals surface area contributed by atoms with Crippen LogP contribution in [0.4, 0.5) is 5.69 Å². The number of anilines is 1. The second-order valence-electron chi connectivity index (χ2n) is 4.91. The Morgan fingerprint density at radius 3 is 2.58 bits per heavy atom. The molecule has 5 heteroatoms. The summed E-state index contributed by atoms with van der Waals surface area (Å²) < 4.78 is 5.20. The fourth-order valence-electron chi connectivity index (χ4n) is 1.44. The van der Waals surface area contributed by atoms with Crippen molar-refractivity contribution in [3.63, 3.8) is 0 Å². The van der Waals surface area contributed by atoms with Crippen molar-refractivity contribution in [2.75, 3.05) is 11.2 Å². The number of hydrogen-bond donors (Lipinski definition) is 1. The first-order valence-electron chi connectivity index (χ1n) is 5.89. The van der Waals surface area contributed by atoms with E-state index in [1.54, 1.807) is 20.0 Å². The molecule has 2 aromatic rings. The van der Waals surface area contributed by atoms with Crippen LogP contribution in [0, 0.1) is 5.41 Å². The lowest BCUT2D eigenvalue weighted by Gasteiger charge is -2.20. The van der Waals surface area contributed by atoms with Gasteiger partial charge in [-0.2, -0.15) is 0 Å². The molecule has 1 amide bonds. The third kappa shape index (κ3) is 3.15. The standard InChI is InChI=1S/C14H15ClN2O2/c1-14(2,8-15)13(18)17-11-5-3-10(4-6-11)12-7-16-9-19-12/h3-7,9H,8H2,1-2H3,(H,17,18). The Hall–Kier alpha value is -1.81. The fourth-order valence-corrected chi connectivity index (χ4v) is 1.56. The number of oxazole rings is 1. The Morgan fingerprint density at radius 2 is 2.05 bits per heavy atom. The molecule has 0 aliphatic carbocycles. The van der Waals surface area contributed by atoms with E-state index in [9.17, 15) is 4.79 Å². The number of hydrogen-bond acceptors (Lipinski definition) is 3. The minimum absolute atomic E-state index is 0.102. The van der Waals surface area contributed by atoms with Crippen molar-refractivity contribution >= 4 is 23.2 Å². The van der Waals surface area contributed by atoms with Crippen molar-refractivity contribution in [3.05, 3.63) is 36.9 Å². The molecule has 100 valence electrons. The van der Waals surface area contributed by atoms with E-state index in [4.69, 9.17) is 16.0 Å².